The molecule has 6 heteroatoms. The zero-order valence-corrected chi connectivity index (χ0v) is 23.8. The Morgan fingerprint density at radius 3 is 1.76 bits per heavy atom. The van der Waals surface area contributed by atoms with E-state index in [9.17, 15) is 9.59 Å². The minimum atomic E-state index is -3.31. The maximum absolute atomic E-state index is 12.7. The molecule has 0 fully saturated rings. The number of hydrogen-bond donors (Lipinski definition) is 1. The van der Waals surface area contributed by atoms with Crippen LogP contribution in [0.4, 0.5) is 0 Å². The van der Waals surface area contributed by atoms with Gasteiger partial charge >= 0.3 is 228 Å². The second-order valence-electron chi connectivity index (χ2n) is 8.57. The van der Waals surface area contributed by atoms with Crippen molar-refractivity contribution in [1.82, 2.24) is 5.32 Å². The number of rotatable bonds is 11. The third kappa shape index (κ3) is 6.36. The van der Waals surface area contributed by atoms with Gasteiger partial charge < -0.3 is 0 Å². The van der Waals surface area contributed by atoms with Crippen LogP contribution in [0.5, 0.6) is 0 Å². The first-order valence-corrected chi connectivity index (χ1v) is 16.6. The summed E-state index contributed by atoms with van der Waals surface area (Å²) in [7, 11) is 0. The zero-order chi connectivity index (χ0) is 26.8. The molecule has 192 valence electrons. The van der Waals surface area contributed by atoms with Crippen molar-refractivity contribution in [3.63, 3.8) is 0 Å². The Bertz CT molecular complexity index is 1190. The molecule has 3 aromatic carbocycles. The molecule has 3 aromatic rings. The van der Waals surface area contributed by atoms with Gasteiger partial charge in [0, 0.05) is 0 Å². The van der Waals surface area contributed by atoms with Gasteiger partial charge in [-0.1, -0.05) is 0 Å². The average Bonchev–Trinajstić information content (AvgIpc) is 2.92. The number of nitrogens with one attached hydrogen (secondary N) is 1. The van der Waals surface area contributed by atoms with Crippen molar-refractivity contribution in [3.05, 3.63) is 127 Å². The van der Waals surface area contributed by atoms with Crippen LogP contribution in [0.3, 0.4) is 0 Å². The van der Waals surface area contributed by atoms with Crippen molar-refractivity contribution in [2.45, 2.75) is 20.3 Å². The van der Waals surface area contributed by atoms with E-state index in [1.807, 2.05) is 43.4 Å². The third-order valence-corrected chi connectivity index (χ3v) is 15.6. The van der Waals surface area contributed by atoms with Gasteiger partial charge in [-0.15, -0.1) is 0 Å². The van der Waals surface area contributed by atoms with Crippen molar-refractivity contribution >= 4 is 48.6 Å². The molecule has 0 bridgehead atoms. The summed E-state index contributed by atoms with van der Waals surface area (Å²) < 4.78 is 4.93. The van der Waals surface area contributed by atoms with Crippen LogP contribution < -0.4 is 21.2 Å². The van der Waals surface area contributed by atoms with Crippen molar-refractivity contribution in [3.8, 4) is 0 Å². The molecule has 37 heavy (non-hydrogen) atoms. The van der Waals surface area contributed by atoms with Gasteiger partial charge in [0.05, 0.1) is 0 Å². The normalized spacial score (nSPS) is 12.9. The molecule has 0 saturated heterocycles. The van der Waals surface area contributed by atoms with E-state index in [0.717, 1.165) is 21.5 Å². The molecular formula is C31H33BrNO3P. The van der Waals surface area contributed by atoms with Crippen LogP contribution in [0.1, 0.15) is 20.3 Å². The standard InChI is InChI=1S/C31H33BrNO3P/c1-4-6-16-26(25(3)33-30(34)23-31(35)36-5-2)24-37(32,27-17-10-7-11-18-27,28-19-12-8-13-20-28)29-21-14-9-15-22-29/h4,6-22H,3,5,23-24H2,1-2H3,(H,33,34)/b6-4-,26-16-. The van der Waals surface area contributed by atoms with Crippen LogP contribution in [0.25, 0.3) is 0 Å². The number of halogens is 1. The van der Waals surface area contributed by atoms with Gasteiger partial charge in [0.1, 0.15) is 0 Å². The van der Waals surface area contributed by atoms with E-state index < -0.39 is 17.2 Å². The molecule has 0 aliphatic rings. The summed E-state index contributed by atoms with van der Waals surface area (Å²) in [6, 6.07) is 31.3. The Hall–Kier alpha value is -3.27. The van der Waals surface area contributed by atoms with Gasteiger partial charge in [0.2, 0.25) is 0 Å². The van der Waals surface area contributed by atoms with E-state index in [1.54, 1.807) is 6.92 Å². The van der Waals surface area contributed by atoms with Crippen molar-refractivity contribution < 1.29 is 14.3 Å². The zero-order valence-electron chi connectivity index (χ0n) is 21.3. The van der Waals surface area contributed by atoms with Gasteiger partial charge in [-0.05, 0) is 0 Å². The summed E-state index contributed by atoms with van der Waals surface area (Å²) in [5.41, 5.74) is 1.30. The summed E-state index contributed by atoms with van der Waals surface area (Å²) in [4.78, 5) is 24.5. The van der Waals surface area contributed by atoms with E-state index in [1.165, 1.54) is 0 Å². The second-order valence-corrected chi connectivity index (χ2v) is 17.5. The van der Waals surface area contributed by atoms with Crippen LogP contribution in [0, 0.1) is 0 Å². The fraction of sp³-hybridized carbons (Fsp3) is 0.161. The quantitative estimate of drug-likeness (QED) is 0.133. The summed E-state index contributed by atoms with van der Waals surface area (Å²) >= 11 is 4.44. The topological polar surface area (TPSA) is 55.4 Å². The summed E-state index contributed by atoms with van der Waals surface area (Å²) in [5, 5.41) is 2.99. The van der Waals surface area contributed by atoms with Crippen molar-refractivity contribution in [1.29, 1.82) is 0 Å². The molecule has 1 N–H and O–H groups in total. The van der Waals surface area contributed by atoms with E-state index in [2.05, 4.69) is 100 Å². The number of amides is 1. The Morgan fingerprint density at radius 2 is 1.35 bits per heavy atom. The van der Waals surface area contributed by atoms with E-state index in [4.69, 9.17) is 4.74 Å². The molecule has 0 spiro atoms. The Balaban J connectivity index is 2.19. The molecule has 0 heterocycles. The number of carbonyl (C=O) groups excluding carboxylic acids is 2. The molecule has 0 aromatic heterocycles. The number of ether oxygens (including phenoxy) is 1. The molecule has 0 unspecified atom stereocenters. The monoisotopic (exact) mass is 577 g/mol. The molecule has 3 rings (SSSR count). The minimum absolute atomic E-state index is 0.225. The molecule has 1 amide bonds. The molecule has 4 nitrogen and oxygen atoms in total. The van der Waals surface area contributed by atoms with Crippen LogP contribution >= 0.6 is 20.8 Å². The first-order chi connectivity index (χ1) is 17.8. The summed E-state index contributed by atoms with van der Waals surface area (Å²) in [6.07, 6.45) is 6.03. The third-order valence-electron chi connectivity index (χ3n) is 6.13. The van der Waals surface area contributed by atoms with Crippen molar-refractivity contribution in [2.75, 3.05) is 12.8 Å². The first kappa shape index (κ1) is 28.3. The van der Waals surface area contributed by atoms with Crippen LogP contribution in [0.15, 0.2) is 127 Å². The van der Waals surface area contributed by atoms with E-state index in [0.29, 0.717) is 11.9 Å². The number of esters is 1. The predicted molar refractivity (Wildman–Crippen MR) is 160 cm³/mol. The fourth-order valence-electron chi connectivity index (χ4n) is 4.35. The maximum atomic E-state index is 12.7. The SMILES string of the molecule is C=C(NC(=O)CC(=O)OCC)/C(=C\C=C/C)CP(Br)(c1ccccc1)(c1ccccc1)c1ccccc1. The molecular weight excluding hydrogens is 545 g/mol. The Morgan fingerprint density at radius 1 is 0.892 bits per heavy atom. The molecule has 0 saturated carbocycles. The molecule has 0 atom stereocenters. The molecule has 0 radical (unpaired) electrons. The number of carbonyl (C=O) groups is 2. The molecule has 0 aliphatic carbocycles. The van der Waals surface area contributed by atoms with Crippen LogP contribution in [-0.4, -0.2) is 24.6 Å². The van der Waals surface area contributed by atoms with Crippen molar-refractivity contribution in [2.24, 2.45) is 0 Å². The van der Waals surface area contributed by atoms with Crippen LogP contribution in [-0.2, 0) is 14.3 Å². The number of benzene rings is 3. The first-order valence-electron chi connectivity index (χ1n) is 12.2. The fourth-order valence-corrected chi connectivity index (χ4v) is 12.1. The molecule has 0 aliphatic heterocycles. The summed E-state index contributed by atoms with van der Waals surface area (Å²) in [5.74, 6) is -1.02. The Labute approximate surface area is 227 Å². The average molecular weight is 578 g/mol. The van der Waals surface area contributed by atoms with Gasteiger partial charge in [0.15, 0.2) is 0 Å². The number of allylic oxidation sites excluding steroid dienone is 4. The Kier molecular flexibility index (Phi) is 9.79. The van der Waals surface area contributed by atoms with E-state index in [-0.39, 0.29) is 13.0 Å². The van der Waals surface area contributed by atoms with Gasteiger partial charge in [-0.3, -0.25) is 0 Å². The van der Waals surface area contributed by atoms with Crippen LogP contribution in [0.2, 0.25) is 0 Å². The summed E-state index contributed by atoms with van der Waals surface area (Å²) in [6.45, 7) is 8.09. The number of hydrogen-bond acceptors (Lipinski definition) is 3. The van der Waals surface area contributed by atoms with E-state index >= 15 is 0 Å². The second kappa shape index (κ2) is 12.8. The van der Waals surface area contributed by atoms with Gasteiger partial charge in [-0.2, -0.15) is 0 Å². The predicted octanol–water partition coefficient (Wildman–Crippen LogP) is 5.91. The van der Waals surface area contributed by atoms with Gasteiger partial charge in [-0.25, -0.2) is 0 Å². The van der Waals surface area contributed by atoms with Gasteiger partial charge in [0.25, 0.3) is 0 Å².